The minimum Gasteiger partial charge on any atom is -0.385 e. The third-order valence-electron chi connectivity index (χ3n) is 4.49. The standard InChI is InChI=1S/C19H30N4O3.HI/c1-21-19(22-14-15-4-6-16(7-5-15)18(20)24)23-10-8-17(9-11-23)26-13-3-12-25-2;/h4-7,17H,3,8-14H2,1-2H3,(H2,20,24)(H,21,22);1H. The Bertz CT molecular complexity index is 587. The maximum absolute atomic E-state index is 11.1. The Balaban J connectivity index is 0.00000364. The van der Waals surface area contributed by atoms with Gasteiger partial charge in [0.25, 0.3) is 0 Å². The fourth-order valence-electron chi connectivity index (χ4n) is 2.99. The van der Waals surface area contributed by atoms with E-state index in [1.165, 1.54) is 0 Å². The largest absolute Gasteiger partial charge is 0.385 e. The van der Waals surface area contributed by atoms with E-state index in [2.05, 4.69) is 15.2 Å². The molecule has 0 aromatic heterocycles. The topological polar surface area (TPSA) is 89.2 Å². The van der Waals surface area contributed by atoms with Crippen LogP contribution in [0.5, 0.6) is 0 Å². The highest BCUT2D eigenvalue weighted by Gasteiger charge is 2.21. The number of benzene rings is 1. The van der Waals surface area contributed by atoms with E-state index < -0.39 is 5.91 Å². The van der Waals surface area contributed by atoms with Crippen LogP contribution in [-0.4, -0.2) is 63.3 Å². The van der Waals surface area contributed by atoms with Gasteiger partial charge in [-0.1, -0.05) is 12.1 Å². The molecule has 1 saturated heterocycles. The summed E-state index contributed by atoms with van der Waals surface area (Å²) in [7, 11) is 3.51. The van der Waals surface area contributed by atoms with Crippen molar-refractivity contribution >= 4 is 35.8 Å². The second-order valence-corrected chi connectivity index (χ2v) is 6.37. The lowest BCUT2D eigenvalue weighted by molar-refractivity contribution is 0.00989. The molecule has 7 nitrogen and oxygen atoms in total. The number of hydrogen-bond donors (Lipinski definition) is 2. The number of ether oxygens (including phenoxy) is 2. The number of halogens is 1. The molecule has 0 bridgehead atoms. The molecule has 1 aliphatic heterocycles. The zero-order chi connectivity index (χ0) is 18.8. The minimum atomic E-state index is -0.410. The highest BCUT2D eigenvalue weighted by Crippen LogP contribution is 2.14. The first-order valence-corrected chi connectivity index (χ1v) is 9.09. The molecule has 1 aromatic rings. The summed E-state index contributed by atoms with van der Waals surface area (Å²) in [6.45, 7) is 4.01. The van der Waals surface area contributed by atoms with Crippen LogP contribution in [0, 0.1) is 0 Å². The van der Waals surface area contributed by atoms with Gasteiger partial charge in [-0.2, -0.15) is 0 Å². The molecule has 0 radical (unpaired) electrons. The van der Waals surface area contributed by atoms with Gasteiger partial charge in [-0.05, 0) is 37.0 Å². The fourth-order valence-corrected chi connectivity index (χ4v) is 2.99. The summed E-state index contributed by atoms with van der Waals surface area (Å²) >= 11 is 0. The molecule has 152 valence electrons. The van der Waals surface area contributed by atoms with Gasteiger partial charge >= 0.3 is 0 Å². The van der Waals surface area contributed by atoms with E-state index >= 15 is 0 Å². The summed E-state index contributed by atoms with van der Waals surface area (Å²) in [5.41, 5.74) is 6.86. The molecule has 1 fully saturated rings. The lowest BCUT2D eigenvalue weighted by Gasteiger charge is -2.34. The maximum atomic E-state index is 11.1. The second kappa shape index (κ2) is 12.9. The Morgan fingerprint density at radius 3 is 2.48 bits per heavy atom. The average Bonchev–Trinajstić information content (AvgIpc) is 2.67. The highest BCUT2D eigenvalue weighted by molar-refractivity contribution is 14.0. The van der Waals surface area contributed by atoms with Crippen LogP contribution in [0.25, 0.3) is 0 Å². The quantitative estimate of drug-likeness (QED) is 0.252. The molecule has 0 spiro atoms. The molecule has 1 aliphatic rings. The number of hydrogen-bond acceptors (Lipinski definition) is 4. The normalized spacial score (nSPS) is 15.3. The van der Waals surface area contributed by atoms with Crippen LogP contribution in [0.4, 0.5) is 0 Å². The maximum Gasteiger partial charge on any atom is 0.248 e. The molecular weight excluding hydrogens is 459 g/mol. The number of nitrogens with two attached hydrogens (primary N) is 1. The molecule has 2 rings (SSSR count). The van der Waals surface area contributed by atoms with Crippen molar-refractivity contribution in [2.75, 3.05) is 40.5 Å². The SMILES string of the molecule is CN=C(NCc1ccc(C(N)=O)cc1)N1CCC(OCCCOC)CC1.I. The van der Waals surface area contributed by atoms with Crippen LogP contribution in [0.15, 0.2) is 29.3 Å². The van der Waals surface area contributed by atoms with Gasteiger partial charge < -0.3 is 25.4 Å². The number of amides is 1. The molecule has 0 atom stereocenters. The van der Waals surface area contributed by atoms with Crippen molar-refractivity contribution in [1.82, 2.24) is 10.2 Å². The van der Waals surface area contributed by atoms with E-state index in [1.54, 1.807) is 26.3 Å². The predicted octanol–water partition coefficient (Wildman–Crippen LogP) is 2.00. The number of carbonyl (C=O) groups is 1. The van der Waals surface area contributed by atoms with Gasteiger partial charge in [0, 0.05) is 52.6 Å². The van der Waals surface area contributed by atoms with Crippen LogP contribution in [0.1, 0.15) is 35.2 Å². The Morgan fingerprint density at radius 2 is 1.93 bits per heavy atom. The molecule has 1 amide bonds. The van der Waals surface area contributed by atoms with E-state index in [9.17, 15) is 4.79 Å². The summed E-state index contributed by atoms with van der Waals surface area (Å²) in [5, 5.41) is 3.38. The Morgan fingerprint density at radius 1 is 1.26 bits per heavy atom. The number of guanidine groups is 1. The first-order valence-electron chi connectivity index (χ1n) is 9.09. The van der Waals surface area contributed by atoms with Crippen LogP contribution in [0.2, 0.25) is 0 Å². The number of likely N-dealkylation sites (tertiary alicyclic amines) is 1. The highest BCUT2D eigenvalue weighted by atomic mass is 127. The van der Waals surface area contributed by atoms with Crippen molar-refractivity contribution in [3.63, 3.8) is 0 Å². The number of methoxy groups -OCH3 is 1. The molecule has 1 heterocycles. The Labute approximate surface area is 178 Å². The molecule has 8 heteroatoms. The smallest absolute Gasteiger partial charge is 0.248 e. The van der Waals surface area contributed by atoms with Crippen molar-refractivity contribution in [3.8, 4) is 0 Å². The molecule has 0 aliphatic carbocycles. The van der Waals surface area contributed by atoms with Crippen LogP contribution in [-0.2, 0) is 16.0 Å². The van der Waals surface area contributed by atoms with Gasteiger partial charge in [0.05, 0.1) is 6.10 Å². The summed E-state index contributed by atoms with van der Waals surface area (Å²) in [6, 6.07) is 7.30. The van der Waals surface area contributed by atoms with E-state index in [4.69, 9.17) is 15.2 Å². The zero-order valence-electron chi connectivity index (χ0n) is 16.1. The Kier molecular flexibility index (Phi) is 11.3. The monoisotopic (exact) mass is 490 g/mol. The van der Waals surface area contributed by atoms with E-state index in [1.807, 2.05) is 12.1 Å². The fraction of sp³-hybridized carbons (Fsp3) is 0.579. The molecule has 0 saturated carbocycles. The lowest BCUT2D eigenvalue weighted by Crippen LogP contribution is -2.46. The second-order valence-electron chi connectivity index (χ2n) is 6.37. The predicted molar refractivity (Wildman–Crippen MR) is 118 cm³/mol. The number of rotatable bonds is 8. The molecule has 27 heavy (non-hydrogen) atoms. The lowest BCUT2D eigenvalue weighted by atomic mass is 10.1. The van der Waals surface area contributed by atoms with Crippen molar-refractivity contribution in [1.29, 1.82) is 0 Å². The third-order valence-corrected chi connectivity index (χ3v) is 4.49. The first kappa shape index (κ1) is 23.6. The molecule has 3 N–H and O–H groups in total. The van der Waals surface area contributed by atoms with Crippen LogP contribution < -0.4 is 11.1 Å². The van der Waals surface area contributed by atoms with Crippen molar-refractivity contribution < 1.29 is 14.3 Å². The van der Waals surface area contributed by atoms with E-state index in [0.717, 1.165) is 57.1 Å². The zero-order valence-corrected chi connectivity index (χ0v) is 18.5. The van der Waals surface area contributed by atoms with Gasteiger partial charge in [0.1, 0.15) is 0 Å². The molecule has 0 unspecified atom stereocenters. The summed E-state index contributed by atoms with van der Waals surface area (Å²) in [6.07, 6.45) is 3.26. The van der Waals surface area contributed by atoms with Crippen LogP contribution in [0.3, 0.4) is 0 Å². The van der Waals surface area contributed by atoms with Gasteiger partial charge in [0.15, 0.2) is 5.96 Å². The number of carbonyl (C=O) groups excluding carboxylic acids is 1. The number of nitrogens with one attached hydrogen (secondary N) is 1. The number of nitrogens with zero attached hydrogens (tertiary/aromatic N) is 2. The number of primary amides is 1. The number of piperidine rings is 1. The summed E-state index contributed by atoms with van der Waals surface area (Å²) in [5.74, 6) is 0.481. The van der Waals surface area contributed by atoms with Crippen molar-refractivity contribution in [3.05, 3.63) is 35.4 Å². The average molecular weight is 490 g/mol. The van der Waals surface area contributed by atoms with Gasteiger partial charge in [-0.3, -0.25) is 9.79 Å². The first-order chi connectivity index (χ1) is 12.6. The van der Waals surface area contributed by atoms with Gasteiger partial charge in [-0.25, -0.2) is 0 Å². The van der Waals surface area contributed by atoms with Gasteiger partial charge in [-0.15, -0.1) is 24.0 Å². The summed E-state index contributed by atoms with van der Waals surface area (Å²) < 4.78 is 10.9. The minimum absolute atomic E-state index is 0. The van der Waals surface area contributed by atoms with Gasteiger partial charge in [0.2, 0.25) is 5.91 Å². The number of aliphatic imine (C=N–C) groups is 1. The van der Waals surface area contributed by atoms with E-state index in [-0.39, 0.29) is 24.0 Å². The van der Waals surface area contributed by atoms with Crippen LogP contribution >= 0.6 is 24.0 Å². The van der Waals surface area contributed by atoms with Crippen molar-refractivity contribution in [2.24, 2.45) is 10.7 Å². The molecule has 1 aromatic carbocycles. The van der Waals surface area contributed by atoms with Crippen molar-refractivity contribution in [2.45, 2.75) is 31.9 Å². The third kappa shape index (κ3) is 8.02. The summed E-state index contributed by atoms with van der Waals surface area (Å²) in [4.78, 5) is 17.8. The molecular formula is C19H31IN4O3. The van der Waals surface area contributed by atoms with E-state index in [0.29, 0.717) is 18.2 Å². The Hall–Kier alpha value is -1.39.